The van der Waals surface area contributed by atoms with Crippen molar-refractivity contribution >= 4 is 0 Å². The molecule has 1 unspecified atom stereocenters. The third-order valence-electron chi connectivity index (χ3n) is 2.89. The fraction of sp³-hybridized carbons (Fsp3) is 0.571. The van der Waals surface area contributed by atoms with Crippen LogP contribution in [-0.2, 0) is 0 Å². The summed E-state index contributed by atoms with van der Waals surface area (Å²) in [5.41, 5.74) is 0.665. The van der Waals surface area contributed by atoms with Crippen LogP contribution < -0.4 is 10.1 Å². The molecule has 0 saturated heterocycles. The molecule has 1 aromatic carbocycles. The van der Waals surface area contributed by atoms with Gasteiger partial charge in [-0.1, -0.05) is 6.07 Å². The Morgan fingerprint density at radius 2 is 2.11 bits per heavy atom. The molecule has 102 valence electrons. The minimum Gasteiger partial charge on any atom is -0.493 e. The molecule has 1 aromatic rings. The van der Waals surface area contributed by atoms with Gasteiger partial charge in [-0.15, -0.1) is 0 Å². The summed E-state index contributed by atoms with van der Waals surface area (Å²) in [5.74, 6) is 0.375. The Morgan fingerprint density at radius 1 is 1.39 bits per heavy atom. The monoisotopic (exact) mass is 254 g/mol. The maximum Gasteiger partial charge on any atom is 0.131 e. The molecular weight excluding hydrogens is 231 g/mol. The van der Waals surface area contributed by atoms with Gasteiger partial charge in [-0.05, 0) is 40.6 Å². The van der Waals surface area contributed by atoms with Crippen molar-refractivity contribution in [1.82, 2.24) is 10.2 Å². The standard InChI is InChI=1S/C14H23FN2O/c1-11(16-2)13-7-6-12(10-14(13)15)18-9-5-8-17(3)4/h6-7,10-11,16H,5,8-9H2,1-4H3. The van der Waals surface area contributed by atoms with Gasteiger partial charge < -0.3 is 15.0 Å². The molecule has 0 aliphatic carbocycles. The average molecular weight is 254 g/mol. The molecule has 0 amide bonds. The third kappa shape index (κ3) is 4.63. The van der Waals surface area contributed by atoms with Crippen LogP contribution in [-0.4, -0.2) is 39.2 Å². The maximum atomic E-state index is 13.8. The molecule has 0 aromatic heterocycles. The molecule has 0 heterocycles. The Morgan fingerprint density at radius 3 is 2.67 bits per heavy atom. The van der Waals surface area contributed by atoms with Gasteiger partial charge in [-0.25, -0.2) is 4.39 Å². The molecule has 4 heteroatoms. The Kier molecular flexibility index (Phi) is 6.09. The van der Waals surface area contributed by atoms with E-state index in [0.717, 1.165) is 13.0 Å². The zero-order chi connectivity index (χ0) is 13.5. The lowest BCUT2D eigenvalue weighted by molar-refractivity contribution is 0.280. The number of nitrogens with one attached hydrogen (secondary N) is 1. The van der Waals surface area contributed by atoms with Crippen molar-refractivity contribution in [2.45, 2.75) is 19.4 Å². The molecule has 0 saturated carbocycles. The Labute approximate surface area is 109 Å². The minimum atomic E-state index is -0.220. The zero-order valence-corrected chi connectivity index (χ0v) is 11.7. The molecule has 1 N–H and O–H groups in total. The fourth-order valence-electron chi connectivity index (χ4n) is 1.68. The number of hydrogen-bond acceptors (Lipinski definition) is 3. The van der Waals surface area contributed by atoms with E-state index in [0.29, 0.717) is 17.9 Å². The molecule has 0 aliphatic heterocycles. The first kappa shape index (κ1) is 14.9. The van der Waals surface area contributed by atoms with E-state index in [1.54, 1.807) is 6.07 Å². The van der Waals surface area contributed by atoms with E-state index in [2.05, 4.69) is 10.2 Å². The average Bonchev–Trinajstić information content (AvgIpc) is 2.33. The van der Waals surface area contributed by atoms with Crippen molar-refractivity contribution in [1.29, 1.82) is 0 Å². The number of benzene rings is 1. The predicted molar refractivity (Wildman–Crippen MR) is 72.5 cm³/mol. The van der Waals surface area contributed by atoms with Crippen LogP contribution in [0.1, 0.15) is 24.9 Å². The van der Waals surface area contributed by atoms with E-state index in [1.165, 1.54) is 6.07 Å². The van der Waals surface area contributed by atoms with Gasteiger partial charge >= 0.3 is 0 Å². The predicted octanol–water partition coefficient (Wildman–Crippen LogP) is 2.44. The first-order valence-electron chi connectivity index (χ1n) is 6.29. The largest absolute Gasteiger partial charge is 0.493 e. The molecule has 0 radical (unpaired) electrons. The first-order chi connectivity index (χ1) is 8.54. The van der Waals surface area contributed by atoms with Gasteiger partial charge in [0.15, 0.2) is 0 Å². The quantitative estimate of drug-likeness (QED) is 0.756. The van der Waals surface area contributed by atoms with Crippen molar-refractivity contribution in [3.8, 4) is 5.75 Å². The molecule has 0 fully saturated rings. The molecule has 1 atom stereocenters. The summed E-state index contributed by atoms with van der Waals surface area (Å²) in [4.78, 5) is 2.10. The van der Waals surface area contributed by atoms with Crippen molar-refractivity contribution < 1.29 is 9.13 Å². The zero-order valence-electron chi connectivity index (χ0n) is 11.7. The summed E-state index contributed by atoms with van der Waals surface area (Å²) in [6.45, 7) is 3.51. The lowest BCUT2D eigenvalue weighted by atomic mass is 10.1. The van der Waals surface area contributed by atoms with Gasteiger partial charge in [0.05, 0.1) is 6.61 Å². The summed E-state index contributed by atoms with van der Waals surface area (Å²) >= 11 is 0. The lowest BCUT2D eigenvalue weighted by Crippen LogP contribution is -2.16. The summed E-state index contributed by atoms with van der Waals surface area (Å²) < 4.78 is 19.3. The lowest BCUT2D eigenvalue weighted by Gasteiger charge is -2.14. The van der Waals surface area contributed by atoms with Crippen molar-refractivity contribution in [2.24, 2.45) is 0 Å². The van der Waals surface area contributed by atoms with Crippen LogP contribution >= 0.6 is 0 Å². The molecule has 0 spiro atoms. The molecule has 18 heavy (non-hydrogen) atoms. The van der Waals surface area contributed by atoms with Gasteiger partial charge in [-0.3, -0.25) is 0 Å². The Hall–Kier alpha value is -1.13. The third-order valence-corrected chi connectivity index (χ3v) is 2.89. The van der Waals surface area contributed by atoms with Gasteiger partial charge in [0.1, 0.15) is 11.6 Å². The summed E-state index contributed by atoms with van der Waals surface area (Å²) in [5, 5.41) is 3.02. The second kappa shape index (κ2) is 7.34. The highest BCUT2D eigenvalue weighted by Crippen LogP contribution is 2.21. The summed E-state index contributed by atoms with van der Waals surface area (Å²) in [7, 11) is 5.86. The van der Waals surface area contributed by atoms with E-state index in [4.69, 9.17) is 4.74 Å². The van der Waals surface area contributed by atoms with Crippen molar-refractivity contribution in [3.05, 3.63) is 29.6 Å². The highest BCUT2D eigenvalue weighted by atomic mass is 19.1. The smallest absolute Gasteiger partial charge is 0.131 e. The Balaban J connectivity index is 2.51. The van der Waals surface area contributed by atoms with Gasteiger partial charge in [-0.2, -0.15) is 0 Å². The van der Waals surface area contributed by atoms with Crippen LogP contribution in [0.4, 0.5) is 4.39 Å². The van der Waals surface area contributed by atoms with E-state index in [1.807, 2.05) is 34.1 Å². The van der Waals surface area contributed by atoms with Crippen LogP contribution in [0.15, 0.2) is 18.2 Å². The van der Waals surface area contributed by atoms with Crippen LogP contribution in [0.2, 0.25) is 0 Å². The summed E-state index contributed by atoms with van der Waals surface area (Å²) in [6, 6.07) is 5.06. The van der Waals surface area contributed by atoms with Crippen LogP contribution in [0.3, 0.4) is 0 Å². The second-order valence-electron chi connectivity index (χ2n) is 4.70. The first-order valence-corrected chi connectivity index (χ1v) is 6.29. The molecular formula is C14H23FN2O. The van der Waals surface area contributed by atoms with Crippen LogP contribution in [0.5, 0.6) is 5.75 Å². The van der Waals surface area contributed by atoms with Crippen molar-refractivity contribution in [2.75, 3.05) is 34.3 Å². The number of hydrogen-bond donors (Lipinski definition) is 1. The Bertz CT molecular complexity index is 369. The second-order valence-corrected chi connectivity index (χ2v) is 4.70. The number of ether oxygens (including phenoxy) is 1. The van der Waals surface area contributed by atoms with Crippen LogP contribution in [0, 0.1) is 5.82 Å². The number of halogens is 1. The fourth-order valence-corrected chi connectivity index (χ4v) is 1.68. The maximum absolute atomic E-state index is 13.8. The summed E-state index contributed by atoms with van der Waals surface area (Å²) in [6.07, 6.45) is 0.934. The van der Waals surface area contributed by atoms with E-state index >= 15 is 0 Å². The van der Waals surface area contributed by atoms with Gasteiger partial charge in [0.25, 0.3) is 0 Å². The normalized spacial score (nSPS) is 12.8. The van der Waals surface area contributed by atoms with E-state index in [-0.39, 0.29) is 11.9 Å². The topological polar surface area (TPSA) is 24.5 Å². The van der Waals surface area contributed by atoms with Gasteiger partial charge in [0, 0.05) is 24.2 Å². The SMILES string of the molecule is CNC(C)c1ccc(OCCCN(C)C)cc1F. The highest BCUT2D eigenvalue weighted by Gasteiger charge is 2.09. The molecule has 3 nitrogen and oxygen atoms in total. The van der Waals surface area contributed by atoms with Gasteiger partial charge in [0.2, 0.25) is 0 Å². The van der Waals surface area contributed by atoms with Crippen LogP contribution in [0.25, 0.3) is 0 Å². The van der Waals surface area contributed by atoms with E-state index in [9.17, 15) is 4.39 Å². The number of rotatable bonds is 7. The molecule has 0 bridgehead atoms. The minimum absolute atomic E-state index is 0.00721. The van der Waals surface area contributed by atoms with Crippen molar-refractivity contribution in [3.63, 3.8) is 0 Å². The highest BCUT2D eigenvalue weighted by molar-refractivity contribution is 5.30. The van der Waals surface area contributed by atoms with E-state index < -0.39 is 0 Å². The molecule has 0 aliphatic rings. The molecule has 1 rings (SSSR count). The number of nitrogens with zero attached hydrogens (tertiary/aromatic N) is 1.